The molecule has 0 saturated carbocycles. The highest BCUT2D eigenvalue weighted by atomic mass is 16.5. The van der Waals surface area contributed by atoms with E-state index in [1.165, 1.54) is 0 Å². The van der Waals surface area contributed by atoms with Gasteiger partial charge >= 0.3 is 11.9 Å². The quantitative estimate of drug-likeness (QED) is 0.683. The number of carboxylic acids is 1. The Bertz CT molecular complexity index is 332. The van der Waals surface area contributed by atoms with Gasteiger partial charge in [0.1, 0.15) is 6.04 Å². The normalized spacial score (nSPS) is 12.6. The maximum Gasteiger partial charge on any atom is 0.326 e. The third-order valence-corrected chi connectivity index (χ3v) is 2.27. The maximum atomic E-state index is 11.7. The summed E-state index contributed by atoms with van der Waals surface area (Å²) in [5.74, 6) is -1.94. The van der Waals surface area contributed by atoms with Gasteiger partial charge in [-0.25, -0.2) is 4.79 Å². The fourth-order valence-corrected chi connectivity index (χ4v) is 1.48. The number of hydrogen-bond donors (Lipinski definition) is 2. The number of rotatable bonds is 7. The van der Waals surface area contributed by atoms with Crippen LogP contribution < -0.4 is 5.32 Å². The lowest BCUT2D eigenvalue weighted by Gasteiger charge is -2.20. The molecule has 0 rings (SSSR count). The number of carboxylic acid groups (broad SMARTS) is 1. The molecule has 0 heterocycles. The standard InChI is InChI=1S/C13H23NO5/c1-5-19-11(16)7-6-9(12(17)18)14-10(15)8-13(2,3)4/h9H,5-8H2,1-4H3,(H,14,15)(H,17,18)/t9-/m0/s1. The van der Waals surface area contributed by atoms with E-state index in [9.17, 15) is 14.4 Å². The first-order valence-corrected chi connectivity index (χ1v) is 6.33. The van der Waals surface area contributed by atoms with Gasteiger partial charge in [0.15, 0.2) is 0 Å². The van der Waals surface area contributed by atoms with Gasteiger partial charge in [-0.15, -0.1) is 0 Å². The highest BCUT2D eigenvalue weighted by Crippen LogP contribution is 2.18. The Morgan fingerprint density at radius 3 is 2.26 bits per heavy atom. The number of nitrogens with one attached hydrogen (secondary N) is 1. The summed E-state index contributed by atoms with van der Waals surface area (Å²) in [5, 5.41) is 11.4. The number of hydrogen-bond acceptors (Lipinski definition) is 4. The van der Waals surface area contributed by atoms with Crippen LogP contribution in [0.4, 0.5) is 0 Å². The molecule has 0 aromatic heterocycles. The molecule has 2 N–H and O–H groups in total. The molecule has 0 aromatic rings. The molecule has 110 valence electrons. The Morgan fingerprint density at radius 1 is 1.26 bits per heavy atom. The zero-order valence-corrected chi connectivity index (χ0v) is 12.0. The van der Waals surface area contributed by atoms with Gasteiger partial charge in [-0.3, -0.25) is 9.59 Å². The third-order valence-electron chi connectivity index (χ3n) is 2.27. The van der Waals surface area contributed by atoms with Crippen LogP contribution in [-0.4, -0.2) is 35.6 Å². The number of carbonyl (C=O) groups is 3. The van der Waals surface area contributed by atoms with E-state index in [0.717, 1.165) is 0 Å². The largest absolute Gasteiger partial charge is 0.480 e. The van der Waals surface area contributed by atoms with E-state index < -0.39 is 18.0 Å². The molecule has 0 radical (unpaired) electrons. The number of carbonyl (C=O) groups excluding carboxylic acids is 2. The van der Waals surface area contributed by atoms with E-state index in [0.29, 0.717) is 0 Å². The molecule has 0 bridgehead atoms. The second-order valence-corrected chi connectivity index (χ2v) is 5.54. The van der Waals surface area contributed by atoms with E-state index in [1.54, 1.807) is 6.92 Å². The van der Waals surface area contributed by atoms with Crippen molar-refractivity contribution in [3.8, 4) is 0 Å². The van der Waals surface area contributed by atoms with Crippen molar-refractivity contribution < 1.29 is 24.2 Å². The minimum Gasteiger partial charge on any atom is -0.480 e. The molecule has 1 atom stereocenters. The summed E-state index contributed by atoms with van der Waals surface area (Å²) in [6.07, 6.45) is 0.237. The van der Waals surface area contributed by atoms with Crippen molar-refractivity contribution in [3.05, 3.63) is 0 Å². The monoisotopic (exact) mass is 273 g/mol. The molecule has 0 saturated heterocycles. The minimum atomic E-state index is -1.15. The molecule has 19 heavy (non-hydrogen) atoms. The van der Waals surface area contributed by atoms with Crippen LogP contribution in [0.1, 0.15) is 47.0 Å². The fourth-order valence-electron chi connectivity index (χ4n) is 1.48. The topological polar surface area (TPSA) is 92.7 Å². The third kappa shape index (κ3) is 9.04. The van der Waals surface area contributed by atoms with Crippen LogP contribution in [0.2, 0.25) is 0 Å². The smallest absolute Gasteiger partial charge is 0.326 e. The average Bonchev–Trinajstić information content (AvgIpc) is 2.21. The van der Waals surface area contributed by atoms with Crippen molar-refractivity contribution in [1.29, 1.82) is 0 Å². The van der Waals surface area contributed by atoms with Gasteiger partial charge in [0.25, 0.3) is 0 Å². The highest BCUT2D eigenvalue weighted by molar-refractivity contribution is 5.84. The van der Waals surface area contributed by atoms with E-state index in [-0.39, 0.29) is 37.2 Å². The van der Waals surface area contributed by atoms with Crippen molar-refractivity contribution in [1.82, 2.24) is 5.32 Å². The first-order chi connectivity index (χ1) is 8.65. The first-order valence-electron chi connectivity index (χ1n) is 6.33. The van der Waals surface area contributed by atoms with Crippen LogP contribution >= 0.6 is 0 Å². The van der Waals surface area contributed by atoms with Crippen molar-refractivity contribution in [2.24, 2.45) is 5.41 Å². The van der Waals surface area contributed by atoms with Crippen LogP contribution in [0.15, 0.2) is 0 Å². The molecular weight excluding hydrogens is 250 g/mol. The molecular formula is C13H23NO5. The molecule has 0 unspecified atom stereocenters. The Morgan fingerprint density at radius 2 is 1.84 bits per heavy atom. The number of esters is 1. The van der Waals surface area contributed by atoms with Gasteiger partial charge in [0.05, 0.1) is 6.61 Å². The molecule has 0 aliphatic heterocycles. The summed E-state index contributed by atoms with van der Waals surface area (Å²) in [6.45, 7) is 7.60. The minimum absolute atomic E-state index is 0.0272. The number of amides is 1. The SMILES string of the molecule is CCOC(=O)CC[C@H](NC(=O)CC(C)(C)C)C(=O)O. The summed E-state index contributed by atoms with van der Waals surface area (Å²) in [4.78, 5) is 33.8. The summed E-state index contributed by atoms with van der Waals surface area (Å²) in [7, 11) is 0. The average molecular weight is 273 g/mol. The van der Waals surface area contributed by atoms with E-state index in [4.69, 9.17) is 9.84 Å². The molecule has 0 aliphatic carbocycles. The molecule has 0 spiro atoms. The molecule has 6 heteroatoms. The Hall–Kier alpha value is -1.59. The van der Waals surface area contributed by atoms with Crippen LogP contribution in [0.25, 0.3) is 0 Å². The Labute approximate surface area is 113 Å². The zero-order chi connectivity index (χ0) is 15.1. The van der Waals surface area contributed by atoms with Crippen LogP contribution in [0.5, 0.6) is 0 Å². The second kappa shape index (κ2) is 7.76. The lowest BCUT2D eigenvalue weighted by molar-refractivity contribution is -0.145. The summed E-state index contributed by atoms with van der Waals surface area (Å²) >= 11 is 0. The van der Waals surface area contributed by atoms with Gasteiger partial charge in [0.2, 0.25) is 5.91 Å². The molecule has 0 fully saturated rings. The molecule has 0 aromatic carbocycles. The van der Waals surface area contributed by atoms with Crippen molar-refractivity contribution in [3.63, 3.8) is 0 Å². The predicted octanol–water partition coefficient (Wildman–Crippen LogP) is 1.34. The lowest BCUT2D eigenvalue weighted by Crippen LogP contribution is -2.42. The molecule has 0 aliphatic rings. The van der Waals surface area contributed by atoms with Crippen molar-refractivity contribution in [2.75, 3.05) is 6.61 Å². The van der Waals surface area contributed by atoms with Crippen LogP contribution in [-0.2, 0) is 19.1 Å². The van der Waals surface area contributed by atoms with E-state index in [2.05, 4.69) is 5.32 Å². The Balaban J connectivity index is 4.31. The lowest BCUT2D eigenvalue weighted by atomic mass is 9.92. The van der Waals surface area contributed by atoms with Crippen LogP contribution in [0, 0.1) is 5.41 Å². The van der Waals surface area contributed by atoms with E-state index in [1.807, 2.05) is 20.8 Å². The Kier molecular flexibility index (Phi) is 7.11. The van der Waals surface area contributed by atoms with E-state index >= 15 is 0 Å². The number of ether oxygens (including phenoxy) is 1. The van der Waals surface area contributed by atoms with Gasteiger partial charge < -0.3 is 15.2 Å². The maximum absolute atomic E-state index is 11.7. The summed E-state index contributed by atoms with van der Waals surface area (Å²) in [5.41, 5.74) is -0.214. The number of aliphatic carboxylic acids is 1. The highest BCUT2D eigenvalue weighted by Gasteiger charge is 2.23. The first kappa shape index (κ1) is 17.4. The summed E-state index contributed by atoms with van der Waals surface area (Å²) < 4.78 is 4.71. The van der Waals surface area contributed by atoms with Crippen molar-refractivity contribution >= 4 is 17.8 Å². The predicted molar refractivity (Wildman–Crippen MR) is 69.5 cm³/mol. The molecule has 6 nitrogen and oxygen atoms in total. The zero-order valence-electron chi connectivity index (χ0n) is 12.0. The summed E-state index contributed by atoms with van der Waals surface area (Å²) in [6, 6.07) is -1.06. The second-order valence-electron chi connectivity index (χ2n) is 5.54. The van der Waals surface area contributed by atoms with Gasteiger partial charge in [-0.1, -0.05) is 20.8 Å². The van der Waals surface area contributed by atoms with Gasteiger partial charge in [-0.2, -0.15) is 0 Å². The van der Waals surface area contributed by atoms with Crippen LogP contribution in [0.3, 0.4) is 0 Å². The molecule has 1 amide bonds. The van der Waals surface area contributed by atoms with Gasteiger partial charge in [0, 0.05) is 12.8 Å². The fraction of sp³-hybridized carbons (Fsp3) is 0.769. The van der Waals surface area contributed by atoms with Crippen molar-refractivity contribution in [2.45, 2.75) is 53.0 Å². The van der Waals surface area contributed by atoms with Gasteiger partial charge in [-0.05, 0) is 18.8 Å².